The largest absolute Gasteiger partial charge is 0.368 e. The van der Waals surface area contributed by atoms with Crippen molar-refractivity contribution in [3.63, 3.8) is 0 Å². The lowest BCUT2D eigenvalue weighted by Crippen LogP contribution is -2.35. The van der Waals surface area contributed by atoms with Crippen molar-refractivity contribution in [3.8, 4) is 0 Å². The SMILES string of the molecule is CCCC1(CC)OCCc2c1[nH]c1c(C)cccc21. The Morgan fingerprint density at radius 3 is 2.89 bits per heavy atom. The van der Waals surface area contributed by atoms with Crippen LogP contribution in [0.25, 0.3) is 10.9 Å². The zero-order chi connectivity index (χ0) is 13.5. The van der Waals surface area contributed by atoms with E-state index in [0.717, 1.165) is 32.3 Å². The smallest absolute Gasteiger partial charge is 0.108 e. The first-order valence-electron chi connectivity index (χ1n) is 7.46. The van der Waals surface area contributed by atoms with E-state index in [9.17, 15) is 0 Å². The molecule has 0 spiro atoms. The van der Waals surface area contributed by atoms with Crippen molar-refractivity contribution in [1.82, 2.24) is 4.98 Å². The van der Waals surface area contributed by atoms with Gasteiger partial charge in [0.2, 0.25) is 0 Å². The molecule has 1 aromatic heterocycles. The molecule has 1 aromatic carbocycles. The Morgan fingerprint density at radius 2 is 2.16 bits per heavy atom. The molecule has 0 radical (unpaired) electrons. The Bertz CT molecular complexity index is 599. The van der Waals surface area contributed by atoms with Gasteiger partial charge in [-0.25, -0.2) is 0 Å². The first kappa shape index (κ1) is 12.7. The Balaban J connectivity index is 2.25. The van der Waals surface area contributed by atoms with Crippen molar-refractivity contribution in [2.24, 2.45) is 0 Å². The maximum absolute atomic E-state index is 6.22. The monoisotopic (exact) mass is 257 g/mol. The third-order valence-electron chi connectivity index (χ3n) is 4.56. The summed E-state index contributed by atoms with van der Waals surface area (Å²) < 4.78 is 6.22. The predicted octanol–water partition coefficient (Wildman–Crippen LogP) is 4.45. The third kappa shape index (κ3) is 1.81. The van der Waals surface area contributed by atoms with Gasteiger partial charge in [-0.2, -0.15) is 0 Å². The number of benzene rings is 1. The highest BCUT2D eigenvalue weighted by Gasteiger charge is 2.37. The summed E-state index contributed by atoms with van der Waals surface area (Å²) in [5, 5.41) is 1.40. The number of ether oxygens (including phenoxy) is 1. The van der Waals surface area contributed by atoms with Crippen LogP contribution in [0.4, 0.5) is 0 Å². The van der Waals surface area contributed by atoms with E-state index >= 15 is 0 Å². The summed E-state index contributed by atoms with van der Waals surface area (Å²) in [6.07, 6.45) is 4.33. The average molecular weight is 257 g/mol. The van der Waals surface area contributed by atoms with Gasteiger partial charge in [0, 0.05) is 10.9 Å². The van der Waals surface area contributed by atoms with E-state index in [1.807, 2.05) is 0 Å². The maximum Gasteiger partial charge on any atom is 0.108 e. The molecule has 0 saturated carbocycles. The van der Waals surface area contributed by atoms with Crippen molar-refractivity contribution in [3.05, 3.63) is 35.0 Å². The molecule has 1 N–H and O–H groups in total. The molecule has 1 atom stereocenters. The minimum Gasteiger partial charge on any atom is -0.368 e. The molecule has 3 rings (SSSR count). The van der Waals surface area contributed by atoms with Gasteiger partial charge < -0.3 is 9.72 Å². The van der Waals surface area contributed by atoms with E-state index in [4.69, 9.17) is 4.74 Å². The molecular weight excluding hydrogens is 234 g/mol. The van der Waals surface area contributed by atoms with Crippen LogP contribution >= 0.6 is 0 Å². The fourth-order valence-electron chi connectivity index (χ4n) is 3.55. The lowest BCUT2D eigenvalue weighted by molar-refractivity contribution is -0.0723. The minimum atomic E-state index is -0.0895. The van der Waals surface area contributed by atoms with E-state index < -0.39 is 0 Å². The predicted molar refractivity (Wildman–Crippen MR) is 79.6 cm³/mol. The Hall–Kier alpha value is -1.28. The zero-order valence-electron chi connectivity index (χ0n) is 12.2. The first-order chi connectivity index (χ1) is 9.22. The number of aryl methyl sites for hydroxylation is 1. The molecule has 1 aliphatic rings. The van der Waals surface area contributed by atoms with E-state index in [1.54, 1.807) is 0 Å². The number of para-hydroxylation sites is 1. The maximum atomic E-state index is 6.22. The van der Waals surface area contributed by atoms with Gasteiger partial charge in [0.25, 0.3) is 0 Å². The van der Waals surface area contributed by atoms with E-state index in [1.165, 1.54) is 27.7 Å². The molecule has 1 unspecified atom stereocenters. The van der Waals surface area contributed by atoms with E-state index in [2.05, 4.69) is 44.0 Å². The highest BCUT2D eigenvalue weighted by atomic mass is 16.5. The molecule has 19 heavy (non-hydrogen) atoms. The van der Waals surface area contributed by atoms with Crippen LogP contribution in [0.2, 0.25) is 0 Å². The quantitative estimate of drug-likeness (QED) is 0.863. The molecule has 102 valence electrons. The van der Waals surface area contributed by atoms with Gasteiger partial charge in [-0.3, -0.25) is 0 Å². The van der Waals surface area contributed by atoms with Gasteiger partial charge in [-0.05, 0) is 37.3 Å². The molecule has 2 aromatic rings. The summed E-state index contributed by atoms with van der Waals surface area (Å²) in [7, 11) is 0. The van der Waals surface area contributed by atoms with Crippen molar-refractivity contribution in [2.75, 3.05) is 6.61 Å². The highest BCUT2D eigenvalue weighted by Crippen LogP contribution is 2.42. The number of fused-ring (bicyclic) bond motifs is 3. The van der Waals surface area contributed by atoms with Gasteiger partial charge in [0.15, 0.2) is 0 Å². The summed E-state index contributed by atoms with van der Waals surface area (Å²) in [5.74, 6) is 0. The molecule has 0 saturated heterocycles. The standard InChI is InChI=1S/C17H23NO/c1-4-10-17(5-2)16-14(9-11-19-17)13-8-6-7-12(3)15(13)18-16/h6-8,18H,4-5,9-11H2,1-3H3. The van der Waals surface area contributed by atoms with Crippen molar-refractivity contribution in [1.29, 1.82) is 0 Å². The molecule has 2 heteroatoms. The summed E-state index contributed by atoms with van der Waals surface area (Å²) in [6.45, 7) is 7.51. The summed E-state index contributed by atoms with van der Waals surface area (Å²) in [4.78, 5) is 3.69. The van der Waals surface area contributed by atoms with Gasteiger partial charge in [-0.15, -0.1) is 0 Å². The minimum absolute atomic E-state index is 0.0895. The van der Waals surface area contributed by atoms with Crippen LogP contribution in [0.5, 0.6) is 0 Å². The van der Waals surface area contributed by atoms with E-state index in [0.29, 0.717) is 0 Å². The molecule has 2 nitrogen and oxygen atoms in total. The second kappa shape index (κ2) is 4.68. The topological polar surface area (TPSA) is 25.0 Å². The Morgan fingerprint density at radius 1 is 1.32 bits per heavy atom. The van der Waals surface area contributed by atoms with Crippen LogP contribution in [-0.4, -0.2) is 11.6 Å². The number of rotatable bonds is 3. The van der Waals surface area contributed by atoms with Crippen molar-refractivity contribution >= 4 is 10.9 Å². The lowest BCUT2D eigenvalue weighted by Gasteiger charge is -2.36. The van der Waals surface area contributed by atoms with Crippen molar-refractivity contribution < 1.29 is 4.74 Å². The molecule has 0 bridgehead atoms. The molecular formula is C17H23NO. The Kier molecular flexibility index (Phi) is 3.14. The van der Waals surface area contributed by atoms with Crippen LogP contribution in [0.1, 0.15) is 49.9 Å². The fourth-order valence-corrected chi connectivity index (χ4v) is 3.55. The van der Waals surface area contributed by atoms with Crippen LogP contribution in [0.3, 0.4) is 0 Å². The third-order valence-corrected chi connectivity index (χ3v) is 4.56. The number of nitrogens with one attached hydrogen (secondary N) is 1. The number of hydrogen-bond acceptors (Lipinski definition) is 1. The molecule has 1 aliphatic heterocycles. The zero-order valence-corrected chi connectivity index (χ0v) is 12.2. The normalized spacial score (nSPS) is 22.7. The first-order valence-corrected chi connectivity index (χ1v) is 7.46. The molecule has 0 fully saturated rings. The summed E-state index contributed by atoms with van der Waals surface area (Å²) in [5.41, 5.74) is 5.36. The van der Waals surface area contributed by atoms with E-state index in [-0.39, 0.29) is 5.60 Å². The lowest BCUT2D eigenvalue weighted by atomic mass is 9.85. The van der Waals surface area contributed by atoms with Gasteiger partial charge in [-0.1, -0.05) is 38.5 Å². The number of aromatic nitrogens is 1. The number of H-pyrrole nitrogens is 1. The van der Waals surface area contributed by atoms with Crippen LogP contribution in [-0.2, 0) is 16.8 Å². The summed E-state index contributed by atoms with van der Waals surface area (Å²) in [6, 6.07) is 6.59. The molecule has 2 heterocycles. The highest BCUT2D eigenvalue weighted by molar-refractivity contribution is 5.87. The van der Waals surface area contributed by atoms with Crippen LogP contribution in [0, 0.1) is 6.92 Å². The average Bonchev–Trinajstić information content (AvgIpc) is 2.81. The second-order valence-electron chi connectivity index (χ2n) is 5.67. The second-order valence-corrected chi connectivity index (χ2v) is 5.67. The van der Waals surface area contributed by atoms with Gasteiger partial charge in [0.05, 0.1) is 12.3 Å². The Labute approximate surface area is 115 Å². The van der Waals surface area contributed by atoms with Gasteiger partial charge >= 0.3 is 0 Å². The summed E-state index contributed by atoms with van der Waals surface area (Å²) >= 11 is 0. The van der Waals surface area contributed by atoms with Crippen LogP contribution < -0.4 is 0 Å². The van der Waals surface area contributed by atoms with Gasteiger partial charge in [0.1, 0.15) is 5.60 Å². The fraction of sp³-hybridized carbons (Fsp3) is 0.529. The van der Waals surface area contributed by atoms with Crippen molar-refractivity contribution in [2.45, 2.75) is 52.1 Å². The molecule has 0 aliphatic carbocycles. The van der Waals surface area contributed by atoms with Crippen LogP contribution in [0.15, 0.2) is 18.2 Å². The number of aromatic amines is 1. The number of hydrogen-bond donors (Lipinski definition) is 1. The molecule has 0 amide bonds.